The molecule has 19 heavy (non-hydrogen) atoms. The Morgan fingerprint density at radius 1 is 1.11 bits per heavy atom. The third-order valence-electron chi connectivity index (χ3n) is 3.73. The van der Waals surface area contributed by atoms with Crippen molar-refractivity contribution >= 4 is 21.6 Å². The van der Waals surface area contributed by atoms with Gasteiger partial charge in [-0.2, -0.15) is 0 Å². The summed E-state index contributed by atoms with van der Waals surface area (Å²) < 4.78 is 5.38. The lowest BCUT2D eigenvalue weighted by Crippen LogP contribution is -2.37. The van der Waals surface area contributed by atoms with Crippen LogP contribution in [0.15, 0.2) is 48.6 Å². The average molecular weight is 320 g/mol. The van der Waals surface area contributed by atoms with E-state index in [0.717, 1.165) is 32.7 Å². The van der Waals surface area contributed by atoms with Gasteiger partial charge in [0.1, 0.15) is 0 Å². The van der Waals surface area contributed by atoms with Crippen molar-refractivity contribution < 1.29 is 4.74 Å². The molecule has 1 fully saturated rings. The van der Waals surface area contributed by atoms with Gasteiger partial charge in [-0.25, -0.2) is 0 Å². The first-order valence-electron chi connectivity index (χ1n) is 6.75. The number of anilines is 1. The molecule has 0 bridgehead atoms. The maximum Gasteiger partial charge on any atom is 0.0743 e. The molecule has 100 valence electrons. The first kappa shape index (κ1) is 12.9. The second-order valence-corrected chi connectivity index (χ2v) is 6.39. The Morgan fingerprint density at radius 2 is 1.89 bits per heavy atom. The minimum atomic E-state index is -0.0728. The van der Waals surface area contributed by atoms with Crippen molar-refractivity contribution in [2.24, 2.45) is 0 Å². The second-order valence-electron chi connectivity index (χ2n) is 4.97. The maximum absolute atomic E-state index is 5.45. The molecule has 2 nitrogen and oxygen atoms in total. The molecule has 0 saturated carbocycles. The van der Waals surface area contributed by atoms with Crippen molar-refractivity contribution in [1.82, 2.24) is 0 Å². The molecule has 1 aliphatic carbocycles. The van der Waals surface area contributed by atoms with Crippen LogP contribution in [0.1, 0.15) is 12.0 Å². The van der Waals surface area contributed by atoms with Crippen molar-refractivity contribution in [2.45, 2.75) is 10.7 Å². The van der Waals surface area contributed by atoms with Crippen molar-refractivity contribution in [1.29, 1.82) is 0 Å². The third-order valence-corrected chi connectivity index (χ3v) is 4.74. The number of benzene rings is 1. The van der Waals surface area contributed by atoms with E-state index in [4.69, 9.17) is 4.74 Å². The number of para-hydroxylation sites is 1. The largest absolute Gasteiger partial charge is 0.378 e. The number of allylic oxidation sites excluding steroid dienone is 4. The van der Waals surface area contributed by atoms with Gasteiger partial charge in [0.05, 0.1) is 17.5 Å². The Labute approximate surface area is 122 Å². The highest BCUT2D eigenvalue weighted by Crippen LogP contribution is 2.43. The van der Waals surface area contributed by atoms with Crippen LogP contribution in [-0.4, -0.2) is 26.3 Å². The van der Waals surface area contributed by atoms with Crippen molar-refractivity contribution in [3.8, 4) is 0 Å². The maximum atomic E-state index is 5.45. The van der Waals surface area contributed by atoms with E-state index in [9.17, 15) is 0 Å². The van der Waals surface area contributed by atoms with Crippen molar-refractivity contribution in [3.63, 3.8) is 0 Å². The van der Waals surface area contributed by atoms with E-state index in [-0.39, 0.29) is 4.32 Å². The molecule has 0 radical (unpaired) electrons. The summed E-state index contributed by atoms with van der Waals surface area (Å²) in [5.74, 6) is 0. The number of hydrogen-bond donors (Lipinski definition) is 0. The lowest BCUT2D eigenvalue weighted by molar-refractivity contribution is 0.122. The zero-order valence-electron chi connectivity index (χ0n) is 10.9. The fraction of sp³-hybridized carbons (Fsp3) is 0.375. The quantitative estimate of drug-likeness (QED) is 0.772. The predicted molar refractivity (Wildman–Crippen MR) is 83.0 cm³/mol. The van der Waals surface area contributed by atoms with E-state index in [1.54, 1.807) is 0 Å². The van der Waals surface area contributed by atoms with Gasteiger partial charge in [-0.15, -0.1) is 0 Å². The Balaban J connectivity index is 1.97. The number of hydrogen-bond acceptors (Lipinski definition) is 2. The van der Waals surface area contributed by atoms with Gasteiger partial charge in [0.2, 0.25) is 0 Å². The first-order valence-corrected chi connectivity index (χ1v) is 7.54. The average Bonchev–Trinajstić information content (AvgIpc) is 2.49. The van der Waals surface area contributed by atoms with Gasteiger partial charge in [0, 0.05) is 18.8 Å². The van der Waals surface area contributed by atoms with E-state index in [0.29, 0.717) is 0 Å². The number of rotatable bonds is 2. The minimum Gasteiger partial charge on any atom is -0.378 e. The van der Waals surface area contributed by atoms with Gasteiger partial charge in [0.15, 0.2) is 0 Å². The molecule has 1 heterocycles. The van der Waals surface area contributed by atoms with Crippen LogP contribution in [0.5, 0.6) is 0 Å². The summed E-state index contributed by atoms with van der Waals surface area (Å²) in [5, 5.41) is 0. The molecule has 1 unspecified atom stereocenters. The number of morpholine rings is 1. The molecular formula is C16H18BrNO. The third kappa shape index (κ3) is 2.63. The van der Waals surface area contributed by atoms with E-state index in [2.05, 4.69) is 69.4 Å². The molecule has 1 saturated heterocycles. The molecule has 1 atom stereocenters. The van der Waals surface area contributed by atoms with E-state index in [1.807, 2.05) is 0 Å². The summed E-state index contributed by atoms with van der Waals surface area (Å²) in [5.41, 5.74) is 2.67. The molecule has 1 aromatic rings. The number of alkyl halides is 1. The van der Waals surface area contributed by atoms with Crippen molar-refractivity contribution in [3.05, 3.63) is 54.1 Å². The van der Waals surface area contributed by atoms with Crippen LogP contribution in [-0.2, 0) is 9.06 Å². The Hall–Kier alpha value is -1.06. The molecule has 0 aromatic heterocycles. The zero-order valence-corrected chi connectivity index (χ0v) is 12.5. The predicted octanol–water partition coefficient (Wildman–Crippen LogP) is 3.63. The molecule has 3 rings (SSSR count). The SMILES string of the molecule is BrC1(c2ccccc2N2CCOCC2)C=CC=CC1. The molecule has 0 spiro atoms. The smallest absolute Gasteiger partial charge is 0.0743 e. The highest BCUT2D eigenvalue weighted by Gasteiger charge is 2.30. The number of nitrogens with zero attached hydrogens (tertiary/aromatic N) is 1. The Kier molecular flexibility index (Phi) is 3.76. The van der Waals surface area contributed by atoms with Crippen LogP contribution in [0.2, 0.25) is 0 Å². The van der Waals surface area contributed by atoms with E-state index in [1.165, 1.54) is 11.3 Å². The van der Waals surface area contributed by atoms with Gasteiger partial charge >= 0.3 is 0 Å². The lowest BCUT2D eigenvalue weighted by Gasteiger charge is -2.35. The molecule has 3 heteroatoms. The summed E-state index contributed by atoms with van der Waals surface area (Å²) in [6.45, 7) is 3.58. The summed E-state index contributed by atoms with van der Waals surface area (Å²) in [4.78, 5) is 2.42. The van der Waals surface area contributed by atoms with Crippen LogP contribution in [0, 0.1) is 0 Å². The second kappa shape index (κ2) is 5.51. The van der Waals surface area contributed by atoms with E-state index < -0.39 is 0 Å². The summed E-state index contributed by atoms with van der Waals surface area (Å²) >= 11 is 3.93. The van der Waals surface area contributed by atoms with Crippen LogP contribution in [0.25, 0.3) is 0 Å². The van der Waals surface area contributed by atoms with Gasteiger partial charge in [-0.3, -0.25) is 0 Å². The van der Waals surface area contributed by atoms with Gasteiger partial charge in [-0.05, 0) is 18.1 Å². The standard InChI is InChI=1S/C16H18BrNO/c17-16(8-4-1-5-9-16)14-6-2-3-7-15(14)18-10-12-19-13-11-18/h1-8H,9-13H2. The summed E-state index contributed by atoms with van der Waals surface area (Å²) in [7, 11) is 0. The fourth-order valence-corrected chi connectivity index (χ4v) is 3.37. The topological polar surface area (TPSA) is 12.5 Å². The molecular weight excluding hydrogens is 302 g/mol. The lowest BCUT2D eigenvalue weighted by atomic mass is 9.90. The van der Waals surface area contributed by atoms with Gasteiger partial charge in [0.25, 0.3) is 0 Å². The van der Waals surface area contributed by atoms with Crippen LogP contribution >= 0.6 is 15.9 Å². The van der Waals surface area contributed by atoms with Crippen LogP contribution in [0.3, 0.4) is 0 Å². The molecule has 2 aliphatic rings. The Morgan fingerprint density at radius 3 is 2.63 bits per heavy atom. The Bertz CT molecular complexity index is 505. The molecule has 1 aliphatic heterocycles. The van der Waals surface area contributed by atoms with Crippen molar-refractivity contribution in [2.75, 3.05) is 31.2 Å². The molecule has 1 aromatic carbocycles. The first-order chi connectivity index (χ1) is 9.30. The number of ether oxygens (including phenoxy) is 1. The molecule has 0 amide bonds. The minimum absolute atomic E-state index is 0.0728. The van der Waals surface area contributed by atoms with Gasteiger partial charge < -0.3 is 9.64 Å². The summed E-state index contributed by atoms with van der Waals surface area (Å²) in [6.07, 6.45) is 9.67. The summed E-state index contributed by atoms with van der Waals surface area (Å²) in [6, 6.07) is 8.68. The fourth-order valence-electron chi connectivity index (χ4n) is 2.70. The highest BCUT2D eigenvalue weighted by molar-refractivity contribution is 9.09. The molecule has 0 N–H and O–H groups in total. The van der Waals surface area contributed by atoms with E-state index >= 15 is 0 Å². The van der Waals surface area contributed by atoms with Crippen LogP contribution < -0.4 is 4.90 Å². The van der Waals surface area contributed by atoms with Crippen LogP contribution in [0.4, 0.5) is 5.69 Å². The monoisotopic (exact) mass is 319 g/mol. The highest BCUT2D eigenvalue weighted by atomic mass is 79.9. The normalized spacial score (nSPS) is 26.7. The van der Waals surface area contributed by atoms with Gasteiger partial charge in [-0.1, -0.05) is 58.4 Å². The zero-order chi connectivity index (χ0) is 13.1. The number of halogens is 1.